The van der Waals surface area contributed by atoms with Gasteiger partial charge in [0.05, 0.1) is 0 Å². The van der Waals surface area contributed by atoms with E-state index in [0.29, 0.717) is 12.5 Å². The van der Waals surface area contributed by atoms with E-state index in [2.05, 4.69) is 60.6 Å². The fourth-order valence-electron chi connectivity index (χ4n) is 2.94. The molecular weight excluding hydrogens is 262 g/mol. The molecule has 2 rings (SSSR count). The third-order valence-electron chi connectivity index (χ3n) is 4.42. The maximum Gasteiger partial charge on any atom is 0.238 e. The van der Waals surface area contributed by atoms with Gasteiger partial charge in [0.15, 0.2) is 0 Å². The molecule has 2 unspecified atom stereocenters. The van der Waals surface area contributed by atoms with Crippen LogP contribution in [-0.4, -0.2) is 43.5 Å². The van der Waals surface area contributed by atoms with E-state index in [1.54, 1.807) is 7.05 Å². The molecule has 0 aliphatic carbocycles. The fraction of sp³-hybridized carbons (Fsp3) is 0.588. The second kappa shape index (κ2) is 7.05. The van der Waals surface area contributed by atoms with Crippen molar-refractivity contribution >= 4 is 5.91 Å². The van der Waals surface area contributed by atoms with E-state index in [0.717, 1.165) is 13.1 Å². The Balaban J connectivity index is 2.16. The Hall–Kier alpha value is -1.39. The number of nitrogens with one attached hydrogen (secondary N) is 2. The van der Waals surface area contributed by atoms with Crippen LogP contribution in [0.3, 0.4) is 0 Å². The van der Waals surface area contributed by atoms with Crippen molar-refractivity contribution in [1.82, 2.24) is 15.5 Å². The molecule has 21 heavy (non-hydrogen) atoms. The van der Waals surface area contributed by atoms with E-state index in [1.165, 1.54) is 11.1 Å². The van der Waals surface area contributed by atoms with Crippen LogP contribution in [0, 0.1) is 0 Å². The van der Waals surface area contributed by atoms with Gasteiger partial charge in [0, 0.05) is 32.7 Å². The molecule has 0 radical (unpaired) electrons. The van der Waals surface area contributed by atoms with E-state index in [1.807, 2.05) is 0 Å². The molecule has 1 fully saturated rings. The third kappa shape index (κ3) is 3.63. The number of hydrogen-bond donors (Lipinski definition) is 2. The molecule has 1 aliphatic rings. The summed E-state index contributed by atoms with van der Waals surface area (Å²) < 4.78 is 0. The SMILES string of the molecule is CNC(=O)C1CNCCN1C(C)c1ccc(C(C)C)cc1. The summed E-state index contributed by atoms with van der Waals surface area (Å²) in [5.41, 5.74) is 2.63. The van der Waals surface area contributed by atoms with Crippen LogP contribution in [0.1, 0.15) is 43.9 Å². The van der Waals surface area contributed by atoms with Gasteiger partial charge in [-0.1, -0.05) is 38.1 Å². The van der Waals surface area contributed by atoms with E-state index in [-0.39, 0.29) is 18.0 Å². The highest BCUT2D eigenvalue weighted by Gasteiger charge is 2.31. The van der Waals surface area contributed by atoms with Gasteiger partial charge in [0.25, 0.3) is 0 Å². The Bertz CT molecular complexity index is 469. The van der Waals surface area contributed by atoms with E-state index >= 15 is 0 Å². The number of hydrogen-bond acceptors (Lipinski definition) is 3. The fourth-order valence-corrected chi connectivity index (χ4v) is 2.94. The van der Waals surface area contributed by atoms with Gasteiger partial charge >= 0.3 is 0 Å². The first-order chi connectivity index (χ1) is 10.0. The van der Waals surface area contributed by atoms with Crippen LogP contribution in [-0.2, 0) is 4.79 Å². The Morgan fingerprint density at radius 3 is 2.43 bits per heavy atom. The van der Waals surface area contributed by atoms with Gasteiger partial charge in [0.2, 0.25) is 5.91 Å². The zero-order valence-electron chi connectivity index (χ0n) is 13.5. The number of carbonyl (C=O) groups is 1. The molecule has 0 saturated carbocycles. The van der Waals surface area contributed by atoms with Crippen molar-refractivity contribution in [3.05, 3.63) is 35.4 Å². The Labute approximate surface area is 127 Å². The predicted molar refractivity (Wildman–Crippen MR) is 86.4 cm³/mol. The van der Waals surface area contributed by atoms with Gasteiger partial charge in [-0.2, -0.15) is 0 Å². The molecule has 1 aliphatic heterocycles. The molecule has 4 nitrogen and oxygen atoms in total. The van der Waals surface area contributed by atoms with E-state index < -0.39 is 0 Å². The number of piperazine rings is 1. The molecule has 1 saturated heterocycles. The molecular formula is C17H27N3O. The molecule has 2 atom stereocenters. The highest BCUT2D eigenvalue weighted by Crippen LogP contribution is 2.25. The zero-order valence-corrected chi connectivity index (χ0v) is 13.5. The molecule has 2 N–H and O–H groups in total. The highest BCUT2D eigenvalue weighted by molar-refractivity contribution is 5.81. The summed E-state index contributed by atoms with van der Waals surface area (Å²) in [6, 6.07) is 8.95. The van der Waals surface area contributed by atoms with Gasteiger partial charge in [-0.15, -0.1) is 0 Å². The standard InChI is InChI=1S/C17H27N3O/c1-12(2)14-5-7-15(8-6-14)13(3)20-10-9-19-11-16(20)17(21)18-4/h5-8,12-13,16,19H,9-11H2,1-4H3,(H,18,21). The summed E-state index contributed by atoms with van der Waals surface area (Å²) in [6.45, 7) is 9.14. The smallest absolute Gasteiger partial charge is 0.238 e. The molecule has 1 heterocycles. The van der Waals surface area contributed by atoms with Crippen LogP contribution in [0.25, 0.3) is 0 Å². The van der Waals surface area contributed by atoms with Gasteiger partial charge in [-0.05, 0) is 24.0 Å². The summed E-state index contributed by atoms with van der Waals surface area (Å²) in [6.07, 6.45) is 0. The molecule has 1 aromatic rings. The molecule has 0 aromatic heterocycles. The van der Waals surface area contributed by atoms with Crippen molar-refractivity contribution in [3.63, 3.8) is 0 Å². The lowest BCUT2D eigenvalue weighted by Gasteiger charge is -2.39. The summed E-state index contributed by atoms with van der Waals surface area (Å²) in [5, 5.41) is 6.08. The summed E-state index contributed by atoms with van der Waals surface area (Å²) in [5.74, 6) is 0.639. The van der Waals surface area contributed by atoms with Crippen molar-refractivity contribution in [2.24, 2.45) is 0 Å². The number of amides is 1. The van der Waals surface area contributed by atoms with E-state index in [4.69, 9.17) is 0 Å². The summed E-state index contributed by atoms with van der Waals surface area (Å²) in [7, 11) is 1.71. The maximum atomic E-state index is 12.1. The zero-order chi connectivity index (χ0) is 15.4. The Kier molecular flexibility index (Phi) is 5.37. The van der Waals surface area contributed by atoms with Crippen LogP contribution in [0.15, 0.2) is 24.3 Å². The number of benzene rings is 1. The first-order valence-electron chi connectivity index (χ1n) is 7.82. The van der Waals surface area contributed by atoms with Crippen LogP contribution < -0.4 is 10.6 Å². The first kappa shape index (κ1) is 16.0. The lowest BCUT2D eigenvalue weighted by Crippen LogP contribution is -2.57. The number of rotatable bonds is 4. The highest BCUT2D eigenvalue weighted by atomic mass is 16.2. The maximum absolute atomic E-state index is 12.1. The third-order valence-corrected chi connectivity index (χ3v) is 4.42. The van der Waals surface area contributed by atoms with Crippen molar-refractivity contribution < 1.29 is 4.79 Å². The molecule has 116 valence electrons. The van der Waals surface area contributed by atoms with Crippen molar-refractivity contribution in [2.75, 3.05) is 26.7 Å². The summed E-state index contributed by atoms with van der Waals surface area (Å²) >= 11 is 0. The van der Waals surface area contributed by atoms with E-state index in [9.17, 15) is 4.79 Å². The minimum atomic E-state index is -0.0940. The lowest BCUT2D eigenvalue weighted by atomic mass is 9.98. The molecule has 1 aromatic carbocycles. The largest absolute Gasteiger partial charge is 0.358 e. The number of likely N-dealkylation sites (N-methyl/N-ethyl adjacent to an activating group) is 1. The van der Waals surface area contributed by atoms with Crippen LogP contribution in [0.4, 0.5) is 0 Å². The van der Waals surface area contributed by atoms with Gasteiger partial charge in [-0.3, -0.25) is 9.69 Å². The average molecular weight is 289 g/mol. The monoisotopic (exact) mass is 289 g/mol. The first-order valence-corrected chi connectivity index (χ1v) is 7.82. The number of carbonyl (C=O) groups excluding carboxylic acids is 1. The van der Waals surface area contributed by atoms with Crippen LogP contribution in [0.2, 0.25) is 0 Å². The second-order valence-electron chi connectivity index (χ2n) is 6.07. The van der Waals surface area contributed by atoms with Gasteiger partial charge in [0.1, 0.15) is 6.04 Å². The minimum absolute atomic E-state index is 0.0906. The summed E-state index contributed by atoms with van der Waals surface area (Å²) in [4.78, 5) is 14.4. The second-order valence-corrected chi connectivity index (χ2v) is 6.07. The molecule has 0 spiro atoms. The van der Waals surface area contributed by atoms with Crippen molar-refractivity contribution in [2.45, 2.75) is 38.8 Å². The van der Waals surface area contributed by atoms with Crippen molar-refractivity contribution in [1.29, 1.82) is 0 Å². The molecule has 4 heteroatoms. The topological polar surface area (TPSA) is 44.4 Å². The predicted octanol–water partition coefficient (Wildman–Crippen LogP) is 1.89. The van der Waals surface area contributed by atoms with Crippen molar-refractivity contribution in [3.8, 4) is 0 Å². The number of nitrogens with zero attached hydrogens (tertiary/aromatic N) is 1. The quantitative estimate of drug-likeness (QED) is 0.890. The molecule has 0 bridgehead atoms. The normalized spacial score (nSPS) is 21.3. The Morgan fingerprint density at radius 1 is 1.24 bits per heavy atom. The molecule has 1 amide bonds. The van der Waals surface area contributed by atoms with Crippen LogP contribution >= 0.6 is 0 Å². The lowest BCUT2D eigenvalue weighted by molar-refractivity contribution is -0.127. The van der Waals surface area contributed by atoms with Gasteiger partial charge < -0.3 is 10.6 Å². The average Bonchev–Trinajstić information content (AvgIpc) is 2.53. The van der Waals surface area contributed by atoms with Crippen LogP contribution in [0.5, 0.6) is 0 Å². The Morgan fingerprint density at radius 2 is 1.86 bits per heavy atom. The minimum Gasteiger partial charge on any atom is -0.358 e. The van der Waals surface area contributed by atoms with Gasteiger partial charge in [-0.25, -0.2) is 0 Å².